The third-order valence-electron chi connectivity index (χ3n) is 6.77. The molecule has 0 aromatic carbocycles. The summed E-state index contributed by atoms with van der Waals surface area (Å²) in [4.78, 5) is 60.9. The number of nitrogens with two attached hydrogens (primary N) is 1. The number of thiazole rings is 2. The van der Waals surface area contributed by atoms with Crippen LogP contribution < -0.4 is 15.6 Å². The molecule has 1 saturated heterocycles. The smallest absolute Gasteiger partial charge is 0.352 e. The van der Waals surface area contributed by atoms with Gasteiger partial charge in [0.05, 0.1) is 5.38 Å². The fourth-order valence-corrected chi connectivity index (χ4v) is 7.84. The third-order valence-corrected chi connectivity index (χ3v) is 10.8. The fraction of sp³-hybridized carbons (Fsp3) is 0.375. The number of anilines is 1. The number of carbonyl (C=O) groups is 4. The number of amides is 2. The second kappa shape index (κ2) is 11.8. The highest BCUT2D eigenvalue weighted by atomic mass is 32.2. The standard InChI is InChI=1S/C24H24N6O7S4/c1-38-23-29(8-9-39-23)7-2-4-12-10-40-19-15(18(32)30(19)16(12)20(33)34)27-17(31)14(13-11-41-22(25)26-13)28-37-24(21(35)36)5-3-6-24/h2,4,8-9,11,15,19H,3,5-7,10H2,1H3,(H4-,25,26,27,31,33,34,35,36)/p+1/b4-2?,28-14-/t15?,19-/m1/s1. The Balaban J connectivity index is 1.32. The Morgan fingerprint density at radius 1 is 1.37 bits per heavy atom. The quantitative estimate of drug-likeness (QED) is 0.0919. The number of nitrogen functional groups attached to an aromatic ring is 1. The number of carboxylic acids is 2. The summed E-state index contributed by atoms with van der Waals surface area (Å²) in [7, 11) is 0. The molecular weight excluding hydrogens is 613 g/mol. The van der Waals surface area contributed by atoms with Gasteiger partial charge in [0, 0.05) is 24.0 Å². The molecular formula is C24H25N6O7S4+. The van der Waals surface area contributed by atoms with Crippen molar-refractivity contribution in [3.63, 3.8) is 0 Å². The molecule has 2 aliphatic heterocycles. The van der Waals surface area contributed by atoms with Crippen LogP contribution in [-0.4, -0.2) is 78.6 Å². The lowest BCUT2D eigenvalue weighted by Crippen LogP contribution is -2.71. The number of oxime groups is 1. The monoisotopic (exact) mass is 637 g/mol. The zero-order chi connectivity index (χ0) is 29.3. The van der Waals surface area contributed by atoms with Crippen LogP contribution in [0.4, 0.5) is 5.13 Å². The maximum absolute atomic E-state index is 13.3. The summed E-state index contributed by atoms with van der Waals surface area (Å²) >= 11 is 5.60. The van der Waals surface area contributed by atoms with E-state index in [-0.39, 0.29) is 35.1 Å². The summed E-state index contributed by atoms with van der Waals surface area (Å²) in [6.07, 6.45) is 8.61. The molecule has 216 valence electrons. The molecule has 2 aromatic heterocycles. The highest BCUT2D eigenvalue weighted by Crippen LogP contribution is 2.41. The van der Waals surface area contributed by atoms with Gasteiger partial charge in [-0.25, -0.2) is 14.6 Å². The molecule has 17 heteroatoms. The Morgan fingerprint density at radius 2 is 2.15 bits per heavy atom. The van der Waals surface area contributed by atoms with Gasteiger partial charge in [0.25, 0.3) is 16.2 Å². The molecule has 5 rings (SSSR count). The molecule has 0 bridgehead atoms. The molecule has 2 fully saturated rings. The molecule has 0 radical (unpaired) electrons. The molecule has 3 aliphatic rings. The predicted molar refractivity (Wildman–Crippen MR) is 153 cm³/mol. The van der Waals surface area contributed by atoms with Gasteiger partial charge in [0.15, 0.2) is 23.6 Å². The van der Waals surface area contributed by atoms with Crippen LogP contribution >= 0.6 is 46.2 Å². The first-order valence-electron chi connectivity index (χ1n) is 12.3. The number of aliphatic carboxylic acids is 2. The van der Waals surface area contributed by atoms with Gasteiger partial charge in [-0.1, -0.05) is 22.6 Å². The second-order valence-corrected chi connectivity index (χ2v) is 13.2. The van der Waals surface area contributed by atoms with Gasteiger partial charge in [-0.15, -0.1) is 23.1 Å². The normalized spacial score (nSPS) is 21.7. The van der Waals surface area contributed by atoms with E-state index in [2.05, 4.69) is 15.5 Å². The van der Waals surface area contributed by atoms with Gasteiger partial charge in [-0.3, -0.25) is 14.5 Å². The van der Waals surface area contributed by atoms with E-state index in [0.717, 1.165) is 15.7 Å². The summed E-state index contributed by atoms with van der Waals surface area (Å²) in [6.45, 7) is 0.547. The predicted octanol–water partition coefficient (Wildman–Crippen LogP) is 1.52. The summed E-state index contributed by atoms with van der Waals surface area (Å²) in [6, 6.07) is -1.03. The van der Waals surface area contributed by atoms with Gasteiger partial charge in [-0.05, 0) is 36.1 Å². The van der Waals surface area contributed by atoms with Crippen LogP contribution in [0.2, 0.25) is 0 Å². The van der Waals surface area contributed by atoms with E-state index < -0.39 is 40.8 Å². The average Bonchev–Trinajstić information content (AvgIpc) is 3.56. The van der Waals surface area contributed by atoms with Crippen molar-refractivity contribution in [1.29, 1.82) is 0 Å². The third kappa shape index (κ3) is 5.58. The zero-order valence-corrected chi connectivity index (χ0v) is 24.8. The highest BCUT2D eigenvalue weighted by Gasteiger charge is 2.54. The number of nitrogens with one attached hydrogen (secondary N) is 1. The number of carboxylic acid groups (broad SMARTS) is 2. The minimum Gasteiger partial charge on any atom is -0.478 e. The van der Waals surface area contributed by atoms with Crippen molar-refractivity contribution in [2.24, 2.45) is 5.16 Å². The molecule has 41 heavy (non-hydrogen) atoms. The first-order valence-corrected chi connectivity index (χ1v) is 16.3. The minimum absolute atomic E-state index is 0.0662. The Kier molecular flexibility index (Phi) is 8.40. The van der Waals surface area contributed by atoms with E-state index in [9.17, 15) is 29.4 Å². The van der Waals surface area contributed by atoms with Crippen molar-refractivity contribution >= 4 is 80.8 Å². The van der Waals surface area contributed by atoms with Crippen molar-refractivity contribution in [1.82, 2.24) is 15.2 Å². The Labute approximate surface area is 250 Å². The number of thioether (sulfide) groups is 2. The molecule has 2 aromatic rings. The van der Waals surface area contributed by atoms with Crippen molar-refractivity contribution < 1.29 is 38.8 Å². The fourth-order valence-electron chi connectivity index (χ4n) is 4.46. The minimum atomic E-state index is -1.53. The number of hydrogen-bond donors (Lipinski definition) is 4. The van der Waals surface area contributed by atoms with Crippen LogP contribution in [0.1, 0.15) is 25.0 Å². The maximum Gasteiger partial charge on any atom is 0.352 e. The zero-order valence-electron chi connectivity index (χ0n) is 21.5. The van der Waals surface area contributed by atoms with Gasteiger partial charge in [0.1, 0.15) is 22.8 Å². The largest absolute Gasteiger partial charge is 0.478 e. The van der Waals surface area contributed by atoms with Crippen LogP contribution in [0.25, 0.3) is 0 Å². The van der Waals surface area contributed by atoms with Crippen LogP contribution in [0.5, 0.6) is 0 Å². The molecule has 4 heterocycles. The highest BCUT2D eigenvalue weighted by molar-refractivity contribution is 8.00. The number of β-lactam (4-membered cyclic amide) rings is 1. The molecule has 2 amide bonds. The number of allylic oxidation sites excluding steroid dienone is 2. The van der Waals surface area contributed by atoms with Gasteiger partial charge < -0.3 is 26.1 Å². The van der Waals surface area contributed by atoms with Gasteiger partial charge in [0.2, 0.25) is 5.60 Å². The summed E-state index contributed by atoms with van der Waals surface area (Å²) in [5.74, 6) is -3.53. The second-order valence-electron chi connectivity index (χ2n) is 9.22. The number of fused-ring (bicyclic) bond motifs is 1. The molecule has 1 aliphatic carbocycles. The summed E-state index contributed by atoms with van der Waals surface area (Å²) in [5, 5.41) is 28.9. The molecule has 5 N–H and O–H groups in total. The number of carbonyl (C=O) groups excluding carboxylic acids is 2. The molecule has 1 saturated carbocycles. The van der Waals surface area contributed by atoms with Crippen LogP contribution in [0.3, 0.4) is 0 Å². The Bertz CT molecular complexity index is 1490. The first kappa shape index (κ1) is 29.1. The molecule has 0 spiro atoms. The van der Waals surface area contributed by atoms with Crippen molar-refractivity contribution in [3.8, 4) is 0 Å². The van der Waals surface area contributed by atoms with Gasteiger partial charge in [-0.2, -0.15) is 4.57 Å². The first-order chi connectivity index (χ1) is 19.6. The molecule has 13 nitrogen and oxygen atoms in total. The average molecular weight is 638 g/mol. The number of nitrogens with zero attached hydrogens (tertiary/aromatic N) is 4. The van der Waals surface area contributed by atoms with Crippen molar-refractivity contribution in [3.05, 3.63) is 46.1 Å². The van der Waals surface area contributed by atoms with Crippen molar-refractivity contribution in [2.45, 2.75) is 47.2 Å². The SMILES string of the molecule is CSc1scc[n+]1CC=CC1=C(C(=O)O)N2C(=O)C(NC(=O)/C(=N\OC3(C(=O)O)CCC3)c3csc(N)n3)[C@H]2SC1. The Hall–Kier alpha value is -3.41. The number of hydrogen-bond acceptors (Lipinski definition) is 12. The summed E-state index contributed by atoms with van der Waals surface area (Å²) < 4.78 is 3.14. The lowest BCUT2D eigenvalue weighted by atomic mass is 9.80. The number of rotatable bonds is 11. The van der Waals surface area contributed by atoms with Crippen LogP contribution in [0.15, 0.2) is 49.9 Å². The number of aromatic nitrogens is 2. The molecule has 1 unspecified atom stereocenters. The van der Waals surface area contributed by atoms with Crippen LogP contribution in [-0.2, 0) is 30.6 Å². The summed E-state index contributed by atoms with van der Waals surface area (Å²) in [5.41, 5.74) is 4.29. The van der Waals surface area contributed by atoms with E-state index in [1.54, 1.807) is 29.2 Å². The van der Waals surface area contributed by atoms with Crippen molar-refractivity contribution in [2.75, 3.05) is 17.7 Å². The van der Waals surface area contributed by atoms with E-state index in [0.29, 0.717) is 24.3 Å². The lowest BCUT2D eigenvalue weighted by Gasteiger charge is -2.49. The Morgan fingerprint density at radius 3 is 2.76 bits per heavy atom. The van der Waals surface area contributed by atoms with E-state index >= 15 is 0 Å². The van der Waals surface area contributed by atoms with E-state index in [1.165, 1.54) is 22.0 Å². The van der Waals surface area contributed by atoms with E-state index in [1.807, 2.05) is 28.5 Å². The lowest BCUT2D eigenvalue weighted by molar-refractivity contribution is -0.716. The molecule has 2 atom stereocenters. The maximum atomic E-state index is 13.3. The van der Waals surface area contributed by atoms with Gasteiger partial charge >= 0.3 is 11.9 Å². The van der Waals surface area contributed by atoms with E-state index in [4.69, 9.17) is 10.6 Å². The van der Waals surface area contributed by atoms with Crippen LogP contribution in [0, 0.1) is 0 Å². The topological polar surface area (TPSA) is 188 Å².